The maximum absolute atomic E-state index is 12.9. The highest BCUT2D eigenvalue weighted by molar-refractivity contribution is 7.88. The van der Waals surface area contributed by atoms with Gasteiger partial charge in [-0.2, -0.15) is 0 Å². The van der Waals surface area contributed by atoms with Gasteiger partial charge in [0.05, 0.1) is 17.6 Å². The predicted octanol–water partition coefficient (Wildman–Crippen LogP) is 1.09. The van der Waals surface area contributed by atoms with Crippen LogP contribution in [-0.4, -0.2) is 47.3 Å². The number of aromatic nitrogens is 2. The second-order valence-electron chi connectivity index (χ2n) is 6.86. The number of hydrogen-bond donors (Lipinski definition) is 1. The Hall–Kier alpha value is -2.39. The SMILES string of the molecule is Cc1c(NC(=O)C2CCN(S(C)(=O)=O)CC2)c(=O)n(-c2ccccc2)n1C. The number of carbonyl (C=O) groups is 1. The van der Waals surface area contributed by atoms with Crippen LogP contribution >= 0.6 is 0 Å². The Bertz CT molecular complexity index is 1000. The summed E-state index contributed by atoms with van der Waals surface area (Å²) in [5.41, 5.74) is 1.35. The first kappa shape index (κ1) is 19.4. The molecule has 1 aromatic heterocycles. The molecule has 1 saturated heterocycles. The molecule has 9 heteroatoms. The van der Waals surface area contributed by atoms with Crippen LogP contribution in [0.1, 0.15) is 18.5 Å². The molecule has 27 heavy (non-hydrogen) atoms. The zero-order valence-electron chi connectivity index (χ0n) is 15.7. The van der Waals surface area contributed by atoms with Crippen molar-refractivity contribution in [2.75, 3.05) is 24.7 Å². The molecule has 0 atom stereocenters. The van der Waals surface area contributed by atoms with Crippen LogP contribution < -0.4 is 10.9 Å². The summed E-state index contributed by atoms with van der Waals surface area (Å²) in [7, 11) is -1.47. The predicted molar refractivity (Wildman–Crippen MR) is 104 cm³/mol. The van der Waals surface area contributed by atoms with Crippen LogP contribution in [0, 0.1) is 12.8 Å². The van der Waals surface area contributed by atoms with Crippen LogP contribution in [0.15, 0.2) is 35.1 Å². The fourth-order valence-corrected chi connectivity index (χ4v) is 4.26. The number of hydrogen-bond acceptors (Lipinski definition) is 4. The average molecular weight is 392 g/mol. The minimum atomic E-state index is -3.24. The van der Waals surface area contributed by atoms with Crippen molar-refractivity contribution in [1.29, 1.82) is 0 Å². The number of nitrogens with one attached hydrogen (secondary N) is 1. The number of amides is 1. The van der Waals surface area contributed by atoms with E-state index < -0.39 is 10.0 Å². The van der Waals surface area contributed by atoms with Gasteiger partial charge in [0.2, 0.25) is 15.9 Å². The molecule has 146 valence electrons. The lowest BCUT2D eigenvalue weighted by molar-refractivity contribution is -0.120. The Labute approximate surface area is 158 Å². The number of para-hydroxylation sites is 1. The van der Waals surface area contributed by atoms with Crippen LogP contribution in [0.2, 0.25) is 0 Å². The average Bonchev–Trinajstić information content (AvgIpc) is 2.85. The van der Waals surface area contributed by atoms with Crippen molar-refractivity contribution < 1.29 is 13.2 Å². The van der Waals surface area contributed by atoms with Crippen LogP contribution in [0.4, 0.5) is 5.69 Å². The third-order valence-corrected chi connectivity index (χ3v) is 6.40. The Morgan fingerprint density at radius 3 is 2.30 bits per heavy atom. The van der Waals surface area contributed by atoms with Gasteiger partial charge in [-0.15, -0.1) is 0 Å². The van der Waals surface area contributed by atoms with E-state index >= 15 is 0 Å². The summed E-state index contributed by atoms with van der Waals surface area (Å²) in [6, 6.07) is 9.21. The smallest absolute Gasteiger partial charge is 0.295 e. The minimum absolute atomic E-state index is 0.242. The first-order valence-corrected chi connectivity index (χ1v) is 10.6. The summed E-state index contributed by atoms with van der Waals surface area (Å²) in [5, 5.41) is 2.77. The molecule has 1 N–H and O–H groups in total. The van der Waals surface area contributed by atoms with Crippen molar-refractivity contribution in [3.63, 3.8) is 0 Å². The standard InChI is InChI=1S/C18H24N4O4S/c1-13-16(18(24)22(20(13)2)15-7-5-4-6-8-15)19-17(23)14-9-11-21(12-10-14)27(3,25)26/h4-8,14H,9-12H2,1-3H3,(H,19,23). The van der Waals surface area contributed by atoms with Crippen molar-refractivity contribution in [3.8, 4) is 5.69 Å². The topological polar surface area (TPSA) is 93.4 Å². The summed E-state index contributed by atoms with van der Waals surface area (Å²) < 4.78 is 27.8. The van der Waals surface area contributed by atoms with Crippen LogP contribution in [-0.2, 0) is 21.9 Å². The Morgan fingerprint density at radius 2 is 1.74 bits per heavy atom. The van der Waals surface area contributed by atoms with Crippen LogP contribution in [0.25, 0.3) is 5.69 Å². The van der Waals surface area contributed by atoms with Crippen LogP contribution in [0.5, 0.6) is 0 Å². The molecule has 3 rings (SSSR count). The fourth-order valence-electron chi connectivity index (χ4n) is 3.39. The van der Waals surface area contributed by atoms with E-state index in [-0.39, 0.29) is 23.1 Å². The lowest BCUT2D eigenvalue weighted by Crippen LogP contribution is -2.41. The van der Waals surface area contributed by atoms with E-state index in [0.717, 1.165) is 5.69 Å². The molecule has 1 fully saturated rings. The molecule has 2 aromatic rings. The molecular formula is C18H24N4O4S. The zero-order chi connectivity index (χ0) is 19.8. The third kappa shape index (κ3) is 3.84. The molecule has 8 nitrogen and oxygen atoms in total. The molecule has 1 amide bonds. The van der Waals surface area contributed by atoms with E-state index in [0.29, 0.717) is 31.6 Å². The highest BCUT2D eigenvalue weighted by Gasteiger charge is 2.30. The molecule has 0 radical (unpaired) electrons. The summed E-state index contributed by atoms with van der Waals surface area (Å²) in [6.07, 6.45) is 2.06. The molecule has 0 bridgehead atoms. The van der Waals surface area contributed by atoms with E-state index in [1.165, 1.54) is 15.2 Å². The summed E-state index contributed by atoms with van der Waals surface area (Å²) in [5.74, 6) is -0.554. The molecule has 1 aromatic carbocycles. The third-order valence-electron chi connectivity index (χ3n) is 5.10. The van der Waals surface area contributed by atoms with E-state index in [9.17, 15) is 18.0 Å². The summed E-state index contributed by atoms with van der Waals surface area (Å²) in [4.78, 5) is 25.5. The molecule has 1 aliphatic rings. The number of benzene rings is 1. The van der Waals surface area contributed by atoms with Gasteiger partial charge in [0.25, 0.3) is 5.56 Å². The summed E-state index contributed by atoms with van der Waals surface area (Å²) >= 11 is 0. The van der Waals surface area contributed by atoms with Gasteiger partial charge < -0.3 is 5.32 Å². The lowest BCUT2D eigenvalue weighted by atomic mass is 9.97. The Balaban J connectivity index is 1.79. The molecule has 1 aliphatic heterocycles. The second kappa shape index (κ2) is 7.32. The zero-order valence-corrected chi connectivity index (χ0v) is 16.5. The van der Waals surface area contributed by atoms with Crippen molar-refractivity contribution in [3.05, 3.63) is 46.4 Å². The lowest BCUT2D eigenvalue weighted by Gasteiger charge is -2.29. The van der Waals surface area contributed by atoms with Gasteiger partial charge in [-0.25, -0.2) is 17.4 Å². The highest BCUT2D eigenvalue weighted by atomic mass is 32.2. The van der Waals surface area contributed by atoms with Gasteiger partial charge in [0.15, 0.2) is 0 Å². The molecule has 2 heterocycles. The molecule has 0 unspecified atom stereocenters. The molecular weight excluding hydrogens is 368 g/mol. The van der Waals surface area contributed by atoms with E-state index in [2.05, 4.69) is 5.32 Å². The van der Waals surface area contributed by atoms with Crippen molar-refractivity contribution in [2.45, 2.75) is 19.8 Å². The van der Waals surface area contributed by atoms with Crippen molar-refractivity contribution in [1.82, 2.24) is 13.7 Å². The quantitative estimate of drug-likeness (QED) is 0.843. The fraction of sp³-hybridized carbons (Fsp3) is 0.444. The largest absolute Gasteiger partial charge is 0.320 e. The number of carbonyl (C=O) groups excluding carboxylic acids is 1. The number of rotatable bonds is 4. The molecule has 0 saturated carbocycles. The van der Waals surface area contributed by atoms with E-state index in [1.807, 2.05) is 30.3 Å². The molecule has 0 spiro atoms. The Morgan fingerprint density at radius 1 is 1.15 bits per heavy atom. The van der Waals surface area contributed by atoms with E-state index in [1.54, 1.807) is 18.7 Å². The number of nitrogens with zero attached hydrogens (tertiary/aromatic N) is 3. The maximum atomic E-state index is 12.9. The first-order valence-electron chi connectivity index (χ1n) is 8.80. The first-order chi connectivity index (χ1) is 12.7. The Kier molecular flexibility index (Phi) is 5.25. The number of anilines is 1. The number of sulfonamides is 1. The highest BCUT2D eigenvalue weighted by Crippen LogP contribution is 2.22. The van der Waals surface area contributed by atoms with Crippen LogP contribution in [0.3, 0.4) is 0 Å². The number of piperidine rings is 1. The second-order valence-corrected chi connectivity index (χ2v) is 8.84. The van der Waals surface area contributed by atoms with Gasteiger partial charge in [-0.3, -0.25) is 14.3 Å². The summed E-state index contributed by atoms with van der Waals surface area (Å²) in [6.45, 7) is 2.42. The monoisotopic (exact) mass is 392 g/mol. The molecule has 0 aliphatic carbocycles. The van der Waals surface area contributed by atoms with E-state index in [4.69, 9.17) is 0 Å². The van der Waals surface area contributed by atoms with Gasteiger partial charge >= 0.3 is 0 Å². The van der Waals surface area contributed by atoms with Gasteiger partial charge in [0, 0.05) is 26.1 Å². The normalized spacial score (nSPS) is 16.4. The maximum Gasteiger partial charge on any atom is 0.295 e. The van der Waals surface area contributed by atoms with Gasteiger partial charge in [-0.1, -0.05) is 18.2 Å². The van der Waals surface area contributed by atoms with Crippen molar-refractivity contribution >= 4 is 21.6 Å². The van der Waals surface area contributed by atoms with Gasteiger partial charge in [0.1, 0.15) is 5.69 Å². The van der Waals surface area contributed by atoms with Crippen molar-refractivity contribution in [2.24, 2.45) is 13.0 Å². The minimum Gasteiger partial charge on any atom is -0.320 e. The van der Waals surface area contributed by atoms with Gasteiger partial charge in [-0.05, 0) is 31.9 Å².